The smallest absolute Gasteiger partial charge is 0.164 e. The number of carbonyl (C=O) groups is 1. The highest BCUT2D eigenvalue weighted by atomic mass is 79.9. The van der Waals surface area contributed by atoms with Crippen LogP contribution in [-0.4, -0.2) is 5.78 Å². The predicted octanol–water partition coefficient (Wildman–Crippen LogP) is 4.10. The maximum absolute atomic E-state index is 11.5. The van der Waals surface area contributed by atoms with Crippen molar-refractivity contribution < 1.29 is 4.79 Å². The third-order valence-corrected chi connectivity index (χ3v) is 4.84. The van der Waals surface area contributed by atoms with E-state index in [9.17, 15) is 4.79 Å². The van der Waals surface area contributed by atoms with Crippen molar-refractivity contribution in [2.24, 2.45) is 0 Å². The van der Waals surface area contributed by atoms with Gasteiger partial charge in [-0.3, -0.25) is 4.79 Å². The summed E-state index contributed by atoms with van der Waals surface area (Å²) in [6.45, 7) is 0. The van der Waals surface area contributed by atoms with Gasteiger partial charge in [0.25, 0.3) is 0 Å². The second kappa shape index (κ2) is 3.48. The number of Topliss-reactive ketones (excluding diaryl/α,β-unsaturated/α-hetero) is 1. The van der Waals surface area contributed by atoms with Gasteiger partial charge in [0, 0.05) is 25.4 Å². The number of fused-ring (bicyclic) bond motifs is 1. The molecule has 1 nitrogen and oxygen atoms in total. The zero-order valence-electron chi connectivity index (χ0n) is 6.53. The number of rotatable bonds is 0. The van der Waals surface area contributed by atoms with Crippen molar-refractivity contribution in [2.45, 2.75) is 12.8 Å². The molecule has 0 heterocycles. The second-order valence-corrected chi connectivity index (χ2v) is 5.43. The summed E-state index contributed by atoms with van der Waals surface area (Å²) < 4.78 is 2.82. The molecule has 1 aliphatic carbocycles. The topological polar surface area (TPSA) is 17.1 Å². The van der Waals surface area contributed by atoms with Crippen LogP contribution in [0.25, 0.3) is 0 Å². The highest BCUT2D eigenvalue weighted by molar-refractivity contribution is 9.13. The minimum Gasteiger partial charge on any atom is -0.294 e. The molecule has 0 saturated heterocycles. The second-order valence-electron chi connectivity index (χ2n) is 2.93. The summed E-state index contributed by atoms with van der Waals surface area (Å²) in [6.07, 6.45) is 1.48. The summed E-state index contributed by atoms with van der Waals surface area (Å²) in [5, 5.41) is 0. The molecule has 0 aliphatic heterocycles. The SMILES string of the molecule is O=C1CCc2c(Br)cc(Br)c(Br)c21. The Morgan fingerprint density at radius 3 is 2.46 bits per heavy atom. The largest absolute Gasteiger partial charge is 0.294 e. The Morgan fingerprint density at radius 2 is 1.77 bits per heavy atom. The van der Waals surface area contributed by atoms with Gasteiger partial charge in [0.15, 0.2) is 5.78 Å². The molecular weight excluding hydrogens is 364 g/mol. The standard InChI is InChI=1S/C9H5Br3O/c10-5-3-6(11)9(12)8-4(5)1-2-7(8)13/h3H,1-2H2. The van der Waals surface area contributed by atoms with Gasteiger partial charge in [-0.1, -0.05) is 15.9 Å². The monoisotopic (exact) mass is 366 g/mol. The molecule has 1 aliphatic rings. The van der Waals surface area contributed by atoms with Crippen molar-refractivity contribution in [2.75, 3.05) is 0 Å². The third kappa shape index (κ3) is 1.53. The fraction of sp³-hybridized carbons (Fsp3) is 0.222. The number of hydrogen-bond acceptors (Lipinski definition) is 1. The van der Waals surface area contributed by atoms with Crippen LogP contribution in [0.15, 0.2) is 19.5 Å². The zero-order chi connectivity index (χ0) is 9.59. The lowest BCUT2D eigenvalue weighted by molar-refractivity contribution is 0.0994. The van der Waals surface area contributed by atoms with E-state index in [0.29, 0.717) is 6.42 Å². The first kappa shape index (κ1) is 9.87. The number of ketones is 1. The van der Waals surface area contributed by atoms with Gasteiger partial charge in [0.1, 0.15) is 0 Å². The Hall–Kier alpha value is 0.330. The zero-order valence-corrected chi connectivity index (χ0v) is 11.3. The van der Waals surface area contributed by atoms with E-state index < -0.39 is 0 Å². The Morgan fingerprint density at radius 1 is 1.08 bits per heavy atom. The molecular formula is C9H5Br3O. The summed E-state index contributed by atoms with van der Waals surface area (Å²) in [7, 11) is 0. The van der Waals surface area contributed by atoms with Crippen molar-refractivity contribution in [1.82, 2.24) is 0 Å². The van der Waals surface area contributed by atoms with Gasteiger partial charge in [-0.25, -0.2) is 0 Å². The lowest BCUT2D eigenvalue weighted by Crippen LogP contribution is -1.94. The van der Waals surface area contributed by atoms with E-state index >= 15 is 0 Å². The molecule has 4 heteroatoms. The quantitative estimate of drug-likeness (QED) is 0.630. The number of carbonyl (C=O) groups excluding carboxylic acids is 1. The van der Waals surface area contributed by atoms with Gasteiger partial charge in [-0.2, -0.15) is 0 Å². The first-order valence-corrected chi connectivity index (χ1v) is 6.18. The van der Waals surface area contributed by atoms with Gasteiger partial charge >= 0.3 is 0 Å². The van der Waals surface area contributed by atoms with E-state index in [-0.39, 0.29) is 5.78 Å². The summed E-state index contributed by atoms with van der Waals surface area (Å²) in [6, 6.07) is 1.97. The highest BCUT2D eigenvalue weighted by Crippen LogP contribution is 2.39. The summed E-state index contributed by atoms with van der Waals surface area (Å²) in [5.74, 6) is 0.226. The van der Waals surface area contributed by atoms with Crippen LogP contribution in [-0.2, 0) is 6.42 Å². The van der Waals surface area contributed by atoms with Crippen molar-refractivity contribution in [3.8, 4) is 0 Å². The molecule has 0 spiro atoms. The lowest BCUT2D eigenvalue weighted by atomic mass is 10.1. The number of halogens is 3. The van der Waals surface area contributed by atoms with Crippen LogP contribution in [0.1, 0.15) is 22.3 Å². The van der Waals surface area contributed by atoms with Crippen LogP contribution in [0.3, 0.4) is 0 Å². The van der Waals surface area contributed by atoms with Crippen LogP contribution >= 0.6 is 47.8 Å². The van der Waals surface area contributed by atoms with Gasteiger partial charge in [-0.05, 0) is 49.9 Å². The number of hydrogen-bond donors (Lipinski definition) is 0. The fourth-order valence-corrected chi connectivity index (χ4v) is 3.47. The van der Waals surface area contributed by atoms with Crippen molar-refractivity contribution in [1.29, 1.82) is 0 Å². The first-order chi connectivity index (χ1) is 6.11. The predicted molar refractivity (Wildman–Crippen MR) is 62.2 cm³/mol. The first-order valence-electron chi connectivity index (χ1n) is 3.81. The normalized spacial score (nSPS) is 14.8. The van der Waals surface area contributed by atoms with Crippen LogP contribution < -0.4 is 0 Å². The van der Waals surface area contributed by atoms with Gasteiger partial charge in [0.05, 0.1) is 0 Å². The molecule has 0 bridgehead atoms. The molecule has 13 heavy (non-hydrogen) atoms. The molecule has 0 saturated carbocycles. The Balaban J connectivity index is 2.77. The van der Waals surface area contributed by atoms with E-state index in [4.69, 9.17) is 0 Å². The molecule has 0 atom stereocenters. The molecule has 0 N–H and O–H groups in total. The summed E-state index contributed by atoms with van der Waals surface area (Å²) in [5.41, 5.74) is 1.96. The molecule has 0 amide bonds. The van der Waals surface area contributed by atoms with Crippen LogP contribution in [0.4, 0.5) is 0 Å². The Labute approximate surface area is 101 Å². The van der Waals surface area contributed by atoms with Crippen molar-refractivity contribution in [3.63, 3.8) is 0 Å². The summed E-state index contributed by atoms with van der Waals surface area (Å²) >= 11 is 10.3. The molecule has 68 valence electrons. The van der Waals surface area contributed by atoms with E-state index in [1.165, 1.54) is 0 Å². The van der Waals surface area contributed by atoms with Gasteiger partial charge in [-0.15, -0.1) is 0 Å². The maximum atomic E-state index is 11.5. The van der Waals surface area contributed by atoms with Crippen molar-refractivity contribution in [3.05, 3.63) is 30.6 Å². The van der Waals surface area contributed by atoms with Gasteiger partial charge < -0.3 is 0 Å². The molecule has 2 rings (SSSR count). The molecule has 0 fully saturated rings. The molecule has 1 aromatic rings. The van der Waals surface area contributed by atoms with E-state index in [1.54, 1.807) is 0 Å². The van der Waals surface area contributed by atoms with E-state index in [1.807, 2.05) is 6.07 Å². The molecule has 0 radical (unpaired) electrons. The highest BCUT2D eigenvalue weighted by Gasteiger charge is 2.25. The molecule has 0 unspecified atom stereocenters. The average molecular weight is 369 g/mol. The fourth-order valence-electron chi connectivity index (χ4n) is 1.53. The number of benzene rings is 1. The molecule has 1 aromatic carbocycles. The average Bonchev–Trinajstić information content (AvgIpc) is 2.44. The minimum atomic E-state index is 0.226. The maximum Gasteiger partial charge on any atom is 0.164 e. The van der Waals surface area contributed by atoms with E-state index in [2.05, 4.69) is 47.8 Å². The van der Waals surface area contributed by atoms with Crippen molar-refractivity contribution >= 4 is 53.6 Å². The van der Waals surface area contributed by atoms with E-state index in [0.717, 1.165) is 31.0 Å². The summed E-state index contributed by atoms with van der Waals surface area (Å²) in [4.78, 5) is 11.5. The minimum absolute atomic E-state index is 0.226. The van der Waals surface area contributed by atoms with Gasteiger partial charge in [0.2, 0.25) is 0 Å². The lowest BCUT2D eigenvalue weighted by Gasteiger charge is -2.05. The third-order valence-electron chi connectivity index (χ3n) is 2.15. The Bertz CT molecular complexity index is 398. The molecule has 0 aromatic heterocycles. The van der Waals surface area contributed by atoms with Crippen LogP contribution in [0.5, 0.6) is 0 Å². The van der Waals surface area contributed by atoms with Crippen LogP contribution in [0.2, 0.25) is 0 Å². The van der Waals surface area contributed by atoms with Crippen LogP contribution in [0, 0.1) is 0 Å². The Kier molecular flexibility index (Phi) is 2.64.